The Hall–Kier alpha value is -0.753. The van der Waals surface area contributed by atoms with Gasteiger partial charge in [-0.05, 0) is 66.9 Å². The van der Waals surface area contributed by atoms with Gasteiger partial charge in [0.05, 0.1) is 11.6 Å². The number of anilines is 1. The van der Waals surface area contributed by atoms with Crippen LogP contribution >= 0.6 is 11.6 Å². The molecule has 4 rings (SSSR count). The first-order chi connectivity index (χ1) is 16.2. The fourth-order valence-corrected chi connectivity index (χ4v) is 13.0. The lowest BCUT2D eigenvalue weighted by molar-refractivity contribution is 0.105. The second-order valence-electron chi connectivity index (χ2n) is 12.0. The summed E-state index contributed by atoms with van der Waals surface area (Å²) in [6.07, 6.45) is 9.20. The molecule has 1 spiro atoms. The Morgan fingerprint density at radius 1 is 1.00 bits per heavy atom. The molecule has 3 fully saturated rings. The third-order valence-electron chi connectivity index (χ3n) is 9.05. The maximum atomic E-state index is 6.76. The summed E-state index contributed by atoms with van der Waals surface area (Å²) < 4.78 is 12.8. The van der Waals surface area contributed by atoms with E-state index in [0.717, 1.165) is 12.3 Å². The maximum Gasteiger partial charge on any atom is 0.200 e. The van der Waals surface area contributed by atoms with Crippen LogP contribution in [-0.2, 0) is 4.43 Å². The first-order valence-corrected chi connectivity index (χ1v) is 16.3. The van der Waals surface area contributed by atoms with Crippen molar-refractivity contribution in [2.75, 3.05) is 24.7 Å². The summed E-state index contributed by atoms with van der Waals surface area (Å²) in [5.74, 6) is 0.772. The third-order valence-corrected chi connectivity index (χ3v) is 15.5. The van der Waals surface area contributed by atoms with E-state index in [-0.39, 0.29) is 0 Å². The number of hydrogen-bond acceptors (Lipinski definition) is 4. The average molecular weight is 507 g/mol. The van der Waals surface area contributed by atoms with Crippen molar-refractivity contribution >= 4 is 25.6 Å². The van der Waals surface area contributed by atoms with Crippen molar-refractivity contribution in [1.82, 2.24) is 5.32 Å². The largest absolute Gasteiger partial charge is 0.490 e. The first-order valence-electron chi connectivity index (χ1n) is 13.8. The smallest absolute Gasteiger partial charge is 0.200 e. The molecule has 2 atom stereocenters. The number of nitrogens with zero attached hydrogens (tertiary/aromatic N) is 1. The number of hydrogen-bond donors (Lipinski definition) is 1. The van der Waals surface area contributed by atoms with Gasteiger partial charge in [0.25, 0.3) is 0 Å². The Bertz CT molecular complexity index is 805. The molecule has 3 aliphatic rings. The van der Waals surface area contributed by atoms with Gasteiger partial charge in [0, 0.05) is 29.9 Å². The van der Waals surface area contributed by atoms with E-state index < -0.39 is 8.32 Å². The normalized spacial score (nSPS) is 24.6. The summed E-state index contributed by atoms with van der Waals surface area (Å²) >= 11 is 6.76. The molecule has 6 heteroatoms. The molecule has 2 saturated carbocycles. The maximum absolute atomic E-state index is 6.76. The van der Waals surface area contributed by atoms with Gasteiger partial charge in [0.1, 0.15) is 12.4 Å². The van der Waals surface area contributed by atoms with Gasteiger partial charge < -0.3 is 19.4 Å². The predicted molar refractivity (Wildman–Crippen MR) is 147 cm³/mol. The van der Waals surface area contributed by atoms with Crippen LogP contribution < -0.4 is 15.0 Å². The highest BCUT2D eigenvalue weighted by molar-refractivity contribution is 6.77. The van der Waals surface area contributed by atoms with Crippen LogP contribution in [0.4, 0.5) is 5.69 Å². The lowest BCUT2D eigenvalue weighted by atomic mass is 9.71. The summed E-state index contributed by atoms with van der Waals surface area (Å²) in [6.45, 7) is 16.2. The Balaban J connectivity index is 1.40. The second-order valence-corrected chi connectivity index (χ2v) is 17.9. The van der Waals surface area contributed by atoms with E-state index in [0.29, 0.717) is 52.5 Å². The average Bonchev–Trinajstić information content (AvgIpc) is 2.77. The number of benzene rings is 1. The van der Waals surface area contributed by atoms with Crippen LogP contribution in [0, 0.1) is 0 Å². The van der Waals surface area contributed by atoms with Gasteiger partial charge in [0.2, 0.25) is 0 Å². The molecule has 0 radical (unpaired) electrons. The van der Waals surface area contributed by atoms with Crippen molar-refractivity contribution in [3.8, 4) is 5.75 Å². The van der Waals surface area contributed by atoms with E-state index in [2.05, 4.69) is 70.0 Å². The molecule has 0 amide bonds. The number of halogens is 1. The molecule has 192 valence electrons. The second kappa shape index (κ2) is 10.7. The van der Waals surface area contributed by atoms with Gasteiger partial charge >= 0.3 is 0 Å². The van der Waals surface area contributed by atoms with E-state index in [9.17, 15) is 0 Å². The molecule has 1 aromatic carbocycles. The van der Waals surface area contributed by atoms with Gasteiger partial charge in [-0.25, -0.2) is 0 Å². The first kappa shape index (κ1) is 26.3. The van der Waals surface area contributed by atoms with E-state index in [1.165, 1.54) is 50.6 Å². The highest BCUT2D eigenvalue weighted by Gasteiger charge is 2.48. The molecule has 0 unspecified atom stereocenters. The summed E-state index contributed by atoms with van der Waals surface area (Å²) in [4.78, 5) is 2.66. The minimum atomic E-state index is -1.87. The highest BCUT2D eigenvalue weighted by Crippen LogP contribution is 2.44. The number of nitrogens with one attached hydrogen (secondary N) is 1. The molecular formula is C28H47ClN2O2Si. The molecule has 1 heterocycles. The van der Waals surface area contributed by atoms with Gasteiger partial charge in [-0.2, -0.15) is 0 Å². The quantitative estimate of drug-likeness (QED) is 0.277. The molecule has 0 bridgehead atoms. The van der Waals surface area contributed by atoms with Crippen LogP contribution in [0.25, 0.3) is 0 Å². The van der Waals surface area contributed by atoms with Crippen LogP contribution in [0.1, 0.15) is 86.5 Å². The zero-order valence-corrected chi connectivity index (χ0v) is 24.1. The number of rotatable bonds is 9. The standard InChI is InChI=1S/C28H47ClN2O2Si/c1-20(2)34(21(3)4,22(5)6)33-17-16-32-27-13-12-23(18-24(27)29)31-19-28(14-9-15-28)30-25-10-7-8-11-26(25)31/h12-13,18,20-22,25-26,30H,7-11,14-17,19H2,1-6H3/t25-,26-/m0/s1. The van der Waals surface area contributed by atoms with E-state index in [1.54, 1.807) is 0 Å². The highest BCUT2D eigenvalue weighted by atomic mass is 35.5. The van der Waals surface area contributed by atoms with Crippen LogP contribution in [0.3, 0.4) is 0 Å². The Labute approximate surface area is 214 Å². The van der Waals surface area contributed by atoms with Crippen molar-refractivity contribution in [1.29, 1.82) is 0 Å². The van der Waals surface area contributed by atoms with Crippen molar-refractivity contribution in [2.45, 2.75) is 121 Å². The minimum absolute atomic E-state index is 0.317. The van der Waals surface area contributed by atoms with E-state index in [1.807, 2.05) is 0 Å². The lowest BCUT2D eigenvalue weighted by Gasteiger charge is -2.58. The fourth-order valence-electron chi connectivity index (χ4n) is 7.38. The number of piperazine rings is 1. The van der Waals surface area contributed by atoms with Crippen LogP contribution in [0.15, 0.2) is 18.2 Å². The molecule has 2 aliphatic carbocycles. The van der Waals surface area contributed by atoms with E-state index >= 15 is 0 Å². The van der Waals surface area contributed by atoms with Crippen molar-refractivity contribution in [3.63, 3.8) is 0 Å². The monoisotopic (exact) mass is 506 g/mol. The van der Waals surface area contributed by atoms with Crippen molar-refractivity contribution in [3.05, 3.63) is 23.2 Å². The minimum Gasteiger partial charge on any atom is -0.490 e. The zero-order valence-electron chi connectivity index (χ0n) is 22.3. The topological polar surface area (TPSA) is 33.7 Å². The van der Waals surface area contributed by atoms with Crippen molar-refractivity contribution < 1.29 is 9.16 Å². The van der Waals surface area contributed by atoms with Crippen LogP contribution in [0.5, 0.6) is 5.75 Å². The number of ether oxygens (including phenoxy) is 1. The van der Waals surface area contributed by atoms with Gasteiger partial charge in [-0.1, -0.05) is 66.0 Å². The lowest BCUT2D eigenvalue weighted by Crippen LogP contribution is -2.72. The van der Waals surface area contributed by atoms with Gasteiger partial charge in [-0.3, -0.25) is 0 Å². The summed E-state index contributed by atoms with van der Waals surface area (Å²) in [7, 11) is -1.87. The SMILES string of the molecule is CC(C)[Si](OCCOc1ccc(N2CC3(CCC3)N[C@H]3CCCC[C@@H]32)cc1Cl)(C(C)C)C(C)C. The van der Waals surface area contributed by atoms with Crippen LogP contribution in [-0.4, -0.2) is 45.7 Å². The summed E-state index contributed by atoms with van der Waals surface area (Å²) in [5.41, 5.74) is 3.31. The molecule has 4 nitrogen and oxygen atoms in total. The zero-order chi connectivity index (χ0) is 24.5. The predicted octanol–water partition coefficient (Wildman–Crippen LogP) is 7.55. The Kier molecular flexibility index (Phi) is 8.28. The summed E-state index contributed by atoms with van der Waals surface area (Å²) in [6, 6.07) is 7.62. The third kappa shape index (κ3) is 5.05. The van der Waals surface area contributed by atoms with Crippen molar-refractivity contribution in [2.24, 2.45) is 0 Å². The molecule has 0 aromatic heterocycles. The molecule has 1 aliphatic heterocycles. The molecule has 1 saturated heterocycles. The molecule has 1 aromatic rings. The molecular weight excluding hydrogens is 460 g/mol. The van der Waals surface area contributed by atoms with Crippen LogP contribution in [0.2, 0.25) is 21.6 Å². The van der Waals surface area contributed by atoms with E-state index in [4.69, 9.17) is 20.8 Å². The number of fused-ring (bicyclic) bond motifs is 1. The van der Waals surface area contributed by atoms with Gasteiger partial charge in [0.15, 0.2) is 8.32 Å². The Morgan fingerprint density at radius 2 is 1.68 bits per heavy atom. The fraction of sp³-hybridized carbons (Fsp3) is 0.786. The molecule has 34 heavy (non-hydrogen) atoms. The Morgan fingerprint density at radius 3 is 2.26 bits per heavy atom. The van der Waals surface area contributed by atoms with Gasteiger partial charge in [-0.15, -0.1) is 0 Å². The molecule has 1 N–H and O–H groups in total. The summed E-state index contributed by atoms with van der Waals surface area (Å²) in [5, 5.41) is 4.77.